The monoisotopic (exact) mass is 464 g/mol. The highest BCUT2D eigenvalue weighted by molar-refractivity contribution is 6.30. The topological polar surface area (TPSA) is 42.0 Å². The Morgan fingerprint density at radius 3 is 2.36 bits per heavy atom. The van der Waals surface area contributed by atoms with Crippen LogP contribution in [0.5, 0.6) is 11.5 Å². The molecule has 0 unspecified atom stereocenters. The second-order valence-corrected chi connectivity index (χ2v) is 8.72. The highest BCUT2D eigenvalue weighted by Crippen LogP contribution is 2.30. The minimum atomic E-state index is 0.0122. The van der Waals surface area contributed by atoms with Crippen LogP contribution in [0.4, 0.5) is 5.69 Å². The molecule has 1 fully saturated rings. The first-order valence-electron chi connectivity index (χ1n) is 11.1. The first kappa shape index (κ1) is 23.0. The fourth-order valence-corrected chi connectivity index (χ4v) is 4.20. The van der Waals surface area contributed by atoms with Gasteiger partial charge in [-0.25, -0.2) is 0 Å². The smallest absolute Gasteiger partial charge is 0.254 e. The Bertz CT molecular complexity index is 1120. The lowest BCUT2D eigenvalue weighted by atomic mass is 10.1. The maximum Gasteiger partial charge on any atom is 0.254 e. The molecule has 4 rings (SSSR count). The lowest BCUT2D eigenvalue weighted by Crippen LogP contribution is -2.49. The van der Waals surface area contributed by atoms with Gasteiger partial charge in [-0.3, -0.25) is 4.79 Å². The van der Waals surface area contributed by atoms with E-state index in [2.05, 4.69) is 36.9 Å². The van der Waals surface area contributed by atoms with Crippen molar-refractivity contribution >= 4 is 23.2 Å². The van der Waals surface area contributed by atoms with E-state index < -0.39 is 0 Å². The van der Waals surface area contributed by atoms with Crippen LogP contribution < -0.4 is 14.4 Å². The Labute approximate surface area is 200 Å². The number of rotatable bonds is 6. The summed E-state index contributed by atoms with van der Waals surface area (Å²) >= 11 is 5.94. The number of benzene rings is 3. The van der Waals surface area contributed by atoms with Gasteiger partial charge in [-0.05, 0) is 66.9 Å². The number of halogens is 1. The van der Waals surface area contributed by atoms with Gasteiger partial charge in [0.25, 0.3) is 5.91 Å². The van der Waals surface area contributed by atoms with Gasteiger partial charge in [0.05, 0.1) is 7.11 Å². The highest BCUT2D eigenvalue weighted by Gasteiger charge is 2.24. The summed E-state index contributed by atoms with van der Waals surface area (Å²) in [6.45, 7) is 7.68. The number of hydrogen-bond acceptors (Lipinski definition) is 4. The molecule has 1 aliphatic rings. The van der Waals surface area contributed by atoms with E-state index in [0.717, 1.165) is 18.7 Å². The summed E-state index contributed by atoms with van der Waals surface area (Å²) < 4.78 is 11.4. The highest BCUT2D eigenvalue weighted by atomic mass is 35.5. The summed E-state index contributed by atoms with van der Waals surface area (Å²) in [4.78, 5) is 17.4. The molecule has 0 bridgehead atoms. The molecule has 1 saturated heterocycles. The van der Waals surface area contributed by atoms with E-state index >= 15 is 0 Å². The minimum absolute atomic E-state index is 0.0122. The summed E-state index contributed by atoms with van der Waals surface area (Å²) in [6, 6.07) is 19.3. The first-order chi connectivity index (χ1) is 16.0. The Morgan fingerprint density at radius 1 is 0.939 bits per heavy atom. The zero-order valence-electron chi connectivity index (χ0n) is 19.3. The molecule has 1 amide bonds. The largest absolute Gasteiger partial charge is 0.493 e. The number of piperazine rings is 1. The summed E-state index contributed by atoms with van der Waals surface area (Å²) in [6.07, 6.45) is 0. The third kappa shape index (κ3) is 5.25. The summed E-state index contributed by atoms with van der Waals surface area (Å²) in [7, 11) is 1.59. The number of hydrogen-bond donors (Lipinski definition) is 0. The molecule has 33 heavy (non-hydrogen) atoms. The summed E-state index contributed by atoms with van der Waals surface area (Å²) in [5, 5.41) is 0.689. The van der Waals surface area contributed by atoms with E-state index in [1.807, 2.05) is 29.2 Å². The summed E-state index contributed by atoms with van der Waals surface area (Å²) in [5.41, 5.74) is 5.45. The van der Waals surface area contributed by atoms with Crippen LogP contribution in [-0.4, -0.2) is 44.1 Å². The van der Waals surface area contributed by atoms with Crippen molar-refractivity contribution in [2.75, 3.05) is 38.2 Å². The van der Waals surface area contributed by atoms with E-state index in [0.29, 0.717) is 41.8 Å². The molecule has 0 radical (unpaired) electrons. The van der Waals surface area contributed by atoms with Gasteiger partial charge in [-0.15, -0.1) is 0 Å². The maximum atomic E-state index is 13.2. The second-order valence-electron chi connectivity index (χ2n) is 8.28. The van der Waals surface area contributed by atoms with Crippen molar-refractivity contribution < 1.29 is 14.3 Å². The number of nitrogens with zero attached hydrogens (tertiary/aromatic N) is 2. The van der Waals surface area contributed by atoms with Crippen molar-refractivity contribution in [3.05, 3.63) is 87.9 Å². The van der Waals surface area contributed by atoms with Gasteiger partial charge in [0, 0.05) is 42.5 Å². The van der Waals surface area contributed by atoms with Crippen LogP contribution in [0.3, 0.4) is 0 Å². The molecule has 3 aromatic rings. The first-order valence-corrected chi connectivity index (χ1v) is 11.5. The molecule has 3 aromatic carbocycles. The van der Waals surface area contributed by atoms with Gasteiger partial charge >= 0.3 is 0 Å². The van der Waals surface area contributed by atoms with Crippen molar-refractivity contribution in [3.63, 3.8) is 0 Å². The maximum absolute atomic E-state index is 13.2. The van der Waals surface area contributed by atoms with E-state index in [4.69, 9.17) is 21.1 Å². The second kappa shape index (κ2) is 10.2. The normalized spacial score (nSPS) is 13.7. The summed E-state index contributed by atoms with van der Waals surface area (Å²) in [5.74, 6) is 1.16. The van der Waals surface area contributed by atoms with Gasteiger partial charge < -0.3 is 19.3 Å². The SMILES string of the molecule is COc1cc(C(=O)N2CCN(c3cccc(C)c3C)CC2)ccc1OCc1ccc(Cl)cc1. The van der Waals surface area contributed by atoms with Gasteiger partial charge in [0.2, 0.25) is 0 Å². The number of anilines is 1. The van der Waals surface area contributed by atoms with Crippen molar-refractivity contribution in [2.45, 2.75) is 20.5 Å². The van der Waals surface area contributed by atoms with Crippen LogP contribution in [0.2, 0.25) is 5.02 Å². The molecule has 1 heterocycles. The molecule has 0 spiro atoms. The molecule has 1 aliphatic heterocycles. The van der Waals surface area contributed by atoms with E-state index in [9.17, 15) is 4.79 Å². The predicted octanol–water partition coefficient (Wildman–Crippen LogP) is 5.51. The van der Waals surface area contributed by atoms with E-state index in [1.165, 1.54) is 16.8 Å². The molecular weight excluding hydrogens is 436 g/mol. The van der Waals surface area contributed by atoms with Crippen LogP contribution in [0.25, 0.3) is 0 Å². The van der Waals surface area contributed by atoms with E-state index in [-0.39, 0.29) is 5.91 Å². The molecule has 6 heteroatoms. The molecule has 172 valence electrons. The Balaban J connectivity index is 1.40. The molecule has 0 N–H and O–H groups in total. The number of aryl methyl sites for hydroxylation is 1. The predicted molar refractivity (Wildman–Crippen MR) is 133 cm³/mol. The Morgan fingerprint density at radius 2 is 1.67 bits per heavy atom. The Hall–Kier alpha value is -3.18. The molecule has 0 saturated carbocycles. The van der Waals surface area contributed by atoms with Crippen LogP contribution in [-0.2, 0) is 6.61 Å². The molecule has 0 atom stereocenters. The number of carbonyl (C=O) groups is 1. The van der Waals surface area contributed by atoms with Gasteiger partial charge in [-0.2, -0.15) is 0 Å². The Kier molecular flexibility index (Phi) is 7.09. The molecule has 0 aliphatic carbocycles. The molecular formula is C27H29ClN2O3. The van der Waals surface area contributed by atoms with Crippen molar-refractivity contribution in [1.29, 1.82) is 0 Å². The van der Waals surface area contributed by atoms with Crippen molar-refractivity contribution in [1.82, 2.24) is 4.90 Å². The fourth-order valence-electron chi connectivity index (χ4n) is 4.07. The van der Waals surface area contributed by atoms with E-state index in [1.54, 1.807) is 25.3 Å². The quantitative estimate of drug-likeness (QED) is 0.482. The third-order valence-electron chi connectivity index (χ3n) is 6.20. The number of methoxy groups -OCH3 is 1. The average molecular weight is 465 g/mol. The van der Waals surface area contributed by atoms with Crippen LogP contribution in [0, 0.1) is 13.8 Å². The zero-order valence-corrected chi connectivity index (χ0v) is 20.1. The third-order valence-corrected chi connectivity index (χ3v) is 6.45. The molecule has 5 nitrogen and oxygen atoms in total. The number of ether oxygens (including phenoxy) is 2. The van der Waals surface area contributed by atoms with Crippen molar-refractivity contribution in [3.8, 4) is 11.5 Å². The van der Waals surface area contributed by atoms with Gasteiger partial charge in [-0.1, -0.05) is 35.9 Å². The van der Waals surface area contributed by atoms with Gasteiger partial charge in [0.15, 0.2) is 11.5 Å². The lowest BCUT2D eigenvalue weighted by molar-refractivity contribution is 0.0746. The lowest BCUT2D eigenvalue weighted by Gasteiger charge is -2.37. The minimum Gasteiger partial charge on any atom is -0.493 e. The standard InChI is InChI=1S/C27H29ClN2O3/c1-19-5-4-6-24(20(19)2)29-13-15-30(16-14-29)27(31)22-9-12-25(26(17-22)32-3)33-18-21-7-10-23(28)11-8-21/h4-12,17H,13-16,18H2,1-3H3. The van der Waals surface area contributed by atoms with Crippen molar-refractivity contribution in [2.24, 2.45) is 0 Å². The van der Waals surface area contributed by atoms with Crippen LogP contribution in [0.15, 0.2) is 60.7 Å². The van der Waals surface area contributed by atoms with Crippen LogP contribution >= 0.6 is 11.6 Å². The van der Waals surface area contributed by atoms with Crippen LogP contribution in [0.1, 0.15) is 27.0 Å². The average Bonchev–Trinajstić information content (AvgIpc) is 2.85. The fraction of sp³-hybridized carbons (Fsp3) is 0.296. The zero-order chi connectivity index (χ0) is 23.4. The molecule has 0 aromatic heterocycles. The number of carbonyl (C=O) groups excluding carboxylic acids is 1. The number of amides is 1. The van der Waals surface area contributed by atoms with Gasteiger partial charge in [0.1, 0.15) is 6.61 Å².